The molecular weight excluding hydrogens is 268 g/mol. The number of nitrogens with one attached hydrogen (secondary N) is 1. The summed E-state index contributed by atoms with van der Waals surface area (Å²) in [6.07, 6.45) is 2.90. The van der Waals surface area contributed by atoms with E-state index >= 15 is 0 Å². The van der Waals surface area contributed by atoms with Crippen molar-refractivity contribution in [2.24, 2.45) is 11.7 Å². The molecule has 3 N–H and O–H groups in total. The van der Waals surface area contributed by atoms with Gasteiger partial charge in [-0.15, -0.1) is 0 Å². The molecule has 21 heavy (non-hydrogen) atoms. The third-order valence-corrected chi connectivity index (χ3v) is 3.59. The second kappa shape index (κ2) is 8.00. The average Bonchev–Trinajstić information content (AvgIpc) is 2.44. The number of carbonyl (C=O) groups is 1. The number of benzene rings is 1. The van der Waals surface area contributed by atoms with Crippen molar-refractivity contribution in [3.05, 3.63) is 24.3 Å². The van der Waals surface area contributed by atoms with Crippen molar-refractivity contribution in [1.82, 2.24) is 0 Å². The van der Waals surface area contributed by atoms with E-state index in [9.17, 15) is 4.79 Å². The van der Waals surface area contributed by atoms with E-state index in [0.717, 1.165) is 30.9 Å². The molecule has 116 valence electrons. The fourth-order valence-corrected chi connectivity index (χ4v) is 2.50. The zero-order valence-electron chi connectivity index (χ0n) is 12.5. The van der Waals surface area contributed by atoms with Crippen molar-refractivity contribution in [1.29, 1.82) is 0 Å². The summed E-state index contributed by atoms with van der Waals surface area (Å²) in [6, 6.07) is 7.35. The summed E-state index contributed by atoms with van der Waals surface area (Å²) in [5.41, 5.74) is 6.17. The fourth-order valence-electron chi connectivity index (χ4n) is 2.50. The van der Waals surface area contributed by atoms with E-state index in [1.165, 1.54) is 0 Å². The highest BCUT2D eigenvalue weighted by molar-refractivity contribution is 5.90. The Balaban J connectivity index is 1.70. The van der Waals surface area contributed by atoms with Crippen molar-refractivity contribution in [3.8, 4) is 5.75 Å². The lowest BCUT2D eigenvalue weighted by Crippen LogP contribution is -2.33. The van der Waals surface area contributed by atoms with E-state index < -0.39 is 0 Å². The smallest absolute Gasteiger partial charge is 0.224 e. The van der Waals surface area contributed by atoms with E-state index in [1.807, 2.05) is 31.2 Å². The maximum absolute atomic E-state index is 11.9. The predicted octanol–water partition coefficient (Wildman–Crippen LogP) is 2.17. The van der Waals surface area contributed by atoms with Crippen LogP contribution in [0.2, 0.25) is 0 Å². The third kappa shape index (κ3) is 5.02. The third-order valence-electron chi connectivity index (χ3n) is 3.59. The quantitative estimate of drug-likeness (QED) is 0.770. The standard InChI is InChI=1S/C16H24N2O3/c1-2-20-15-9-12(10-15)11-16(19)18-13-3-5-14(6-4-13)21-8-7-17/h3-6,12,15H,2,7-11,17H2,1H3,(H,18,19). The van der Waals surface area contributed by atoms with Gasteiger partial charge in [0.2, 0.25) is 5.91 Å². The molecule has 1 amide bonds. The molecule has 1 aromatic rings. The van der Waals surface area contributed by atoms with E-state index in [0.29, 0.717) is 31.6 Å². The van der Waals surface area contributed by atoms with Crippen LogP contribution in [0.15, 0.2) is 24.3 Å². The van der Waals surface area contributed by atoms with Crippen LogP contribution in [0.1, 0.15) is 26.2 Å². The average molecular weight is 292 g/mol. The van der Waals surface area contributed by atoms with Crippen molar-refractivity contribution < 1.29 is 14.3 Å². The first-order valence-electron chi connectivity index (χ1n) is 7.55. The van der Waals surface area contributed by atoms with Gasteiger partial charge in [-0.1, -0.05) is 0 Å². The summed E-state index contributed by atoms with van der Waals surface area (Å²) in [5.74, 6) is 1.27. The van der Waals surface area contributed by atoms with Gasteiger partial charge in [0.15, 0.2) is 0 Å². The van der Waals surface area contributed by atoms with E-state index in [2.05, 4.69) is 5.32 Å². The Morgan fingerprint density at radius 3 is 2.67 bits per heavy atom. The number of nitrogens with two attached hydrogens (primary N) is 1. The number of hydrogen-bond donors (Lipinski definition) is 2. The van der Waals surface area contributed by atoms with Gasteiger partial charge in [-0.3, -0.25) is 4.79 Å². The van der Waals surface area contributed by atoms with Crippen LogP contribution in [0.5, 0.6) is 5.75 Å². The summed E-state index contributed by atoms with van der Waals surface area (Å²) in [6.45, 7) is 3.74. The summed E-state index contributed by atoms with van der Waals surface area (Å²) < 4.78 is 10.9. The molecule has 0 aliphatic heterocycles. The molecule has 0 radical (unpaired) electrons. The maximum atomic E-state index is 11.9. The van der Waals surface area contributed by atoms with E-state index in [4.69, 9.17) is 15.2 Å². The molecule has 0 spiro atoms. The Labute approximate surface area is 125 Å². The molecule has 0 aromatic heterocycles. The Morgan fingerprint density at radius 1 is 1.33 bits per heavy atom. The lowest BCUT2D eigenvalue weighted by atomic mass is 9.80. The topological polar surface area (TPSA) is 73.6 Å². The fraction of sp³-hybridized carbons (Fsp3) is 0.562. The Hall–Kier alpha value is -1.59. The van der Waals surface area contributed by atoms with Crippen LogP contribution < -0.4 is 15.8 Å². The normalized spacial score (nSPS) is 20.7. The van der Waals surface area contributed by atoms with Crippen molar-refractivity contribution in [3.63, 3.8) is 0 Å². The zero-order valence-corrected chi connectivity index (χ0v) is 12.5. The SMILES string of the molecule is CCOC1CC(CC(=O)Nc2ccc(OCCN)cc2)C1. The van der Waals surface area contributed by atoms with E-state index in [1.54, 1.807) is 0 Å². The molecule has 0 bridgehead atoms. The van der Waals surface area contributed by atoms with Crippen LogP contribution in [0.25, 0.3) is 0 Å². The molecule has 0 atom stereocenters. The van der Waals surface area contributed by atoms with Crippen molar-refractivity contribution >= 4 is 11.6 Å². The van der Waals surface area contributed by atoms with Crippen LogP contribution in [-0.2, 0) is 9.53 Å². The Kier molecular flexibility index (Phi) is 6.02. The minimum Gasteiger partial charge on any atom is -0.492 e. The minimum absolute atomic E-state index is 0.0607. The van der Waals surface area contributed by atoms with Gasteiger partial charge in [0.05, 0.1) is 6.10 Å². The first kappa shape index (κ1) is 15.8. The molecule has 1 aromatic carbocycles. The largest absolute Gasteiger partial charge is 0.492 e. The number of rotatable bonds is 8. The first-order chi connectivity index (χ1) is 10.2. The molecule has 0 heterocycles. The lowest BCUT2D eigenvalue weighted by molar-refractivity contribution is -0.119. The summed E-state index contributed by atoms with van der Waals surface area (Å²) >= 11 is 0. The highest BCUT2D eigenvalue weighted by Crippen LogP contribution is 2.32. The molecule has 1 aliphatic rings. The van der Waals surface area contributed by atoms with Crippen LogP contribution in [0.3, 0.4) is 0 Å². The van der Waals surface area contributed by atoms with Crippen LogP contribution in [0.4, 0.5) is 5.69 Å². The summed E-state index contributed by atoms with van der Waals surface area (Å²) in [5, 5.41) is 2.91. The molecule has 0 unspecified atom stereocenters. The highest BCUT2D eigenvalue weighted by atomic mass is 16.5. The van der Waals surface area contributed by atoms with Gasteiger partial charge < -0.3 is 20.5 Å². The number of ether oxygens (including phenoxy) is 2. The number of hydrogen-bond acceptors (Lipinski definition) is 4. The van der Waals surface area contributed by atoms with Gasteiger partial charge in [-0.25, -0.2) is 0 Å². The lowest BCUT2D eigenvalue weighted by Gasteiger charge is -2.34. The van der Waals surface area contributed by atoms with Gasteiger partial charge in [0.25, 0.3) is 0 Å². The van der Waals surface area contributed by atoms with Gasteiger partial charge >= 0.3 is 0 Å². The van der Waals surface area contributed by atoms with Gasteiger partial charge in [0.1, 0.15) is 12.4 Å². The monoisotopic (exact) mass is 292 g/mol. The van der Waals surface area contributed by atoms with Crippen LogP contribution >= 0.6 is 0 Å². The number of amides is 1. The Bertz CT molecular complexity index is 441. The Morgan fingerprint density at radius 2 is 2.05 bits per heavy atom. The molecule has 1 aliphatic carbocycles. The van der Waals surface area contributed by atoms with Gasteiger partial charge in [-0.2, -0.15) is 0 Å². The van der Waals surface area contributed by atoms with Crippen molar-refractivity contribution in [2.45, 2.75) is 32.3 Å². The predicted molar refractivity (Wildman–Crippen MR) is 82.4 cm³/mol. The molecule has 0 saturated heterocycles. The molecule has 5 heteroatoms. The maximum Gasteiger partial charge on any atom is 0.224 e. The zero-order chi connectivity index (χ0) is 15.1. The molecular formula is C16H24N2O3. The second-order valence-corrected chi connectivity index (χ2v) is 5.33. The summed E-state index contributed by atoms with van der Waals surface area (Å²) in [4.78, 5) is 11.9. The number of anilines is 1. The van der Waals surface area contributed by atoms with Gasteiger partial charge in [-0.05, 0) is 49.9 Å². The molecule has 2 rings (SSSR count). The van der Waals surface area contributed by atoms with E-state index in [-0.39, 0.29) is 5.91 Å². The first-order valence-corrected chi connectivity index (χ1v) is 7.55. The van der Waals surface area contributed by atoms with Crippen molar-refractivity contribution in [2.75, 3.05) is 25.1 Å². The number of carbonyl (C=O) groups excluding carboxylic acids is 1. The molecule has 1 fully saturated rings. The van der Waals surface area contributed by atoms with Crippen LogP contribution in [-0.4, -0.2) is 31.8 Å². The minimum atomic E-state index is 0.0607. The summed E-state index contributed by atoms with van der Waals surface area (Å²) in [7, 11) is 0. The van der Waals surface area contributed by atoms with Crippen LogP contribution in [0, 0.1) is 5.92 Å². The molecule has 1 saturated carbocycles. The highest BCUT2D eigenvalue weighted by Gasteiger charge is 2.30. The molecule has 5 nitrogen and oxygen atoms in total. The van der Waals surface area contributed by atoms with Gasteiger partial charge in [0, 0.05) is 25.3 Å². The second-order valence-electron chi connectivity index (χ2n) is 5.33.